The number of methoxy groups -OCH3 is 1. The molecule has 7 nitrogen and oxygen atoms in total. The minimum atomic E-state index is -0.383. The Morgan fingerprint density at radius 1 is 1.19 bits per heavy atom. The molecule has 0 saturated carbocycles. The summed E-state index contributed by atoms with van der Waals surface area (Å²) in [6.45, 7) is 2.68. The van der Waals surface area contributed by atoms with Crippen molar-refractivity contribution in [3.8, 4) is 0 Å². The molecule has 4 heterocycles. The lowest BCUT2D eigenvalue weighted by Gasteiger charge is -2.24. The monoisotopic (exact) mass is 366 g/mol. The lowest BCUT2D eigenvalue weighted by molar-refractivity contribution is -0.135. The highest BCUT2D eigenvalue weighted by Crippen LogP contribution is 2.42. The van der Waals surface area contributed by atoms with Gasteiger partial charge >= 0.3 is 5.97 Å². The highest BCUT2D eigenvalue weighted by Gasteiger charge is 2.50. The van der Waals surface area contributed by atoms with E-state index < -0.39 is 0 Å². The third-order valence-corrected chi connectivity index (χ3v) is 5.52. The van der Waals surface area contributed by atoms with Gasteiger partial charge in [-0.15, -0.1) is 0 Å². The predicted octanol–water partition coefficient (Wildman–Crippen LogP) is 1.89. The zero-order chi connectivity index (χ0) is 18.9. The number of amides is 1. The molecular formula is C20H22N4O3. The zero-order valence-electron chi connectivity index (χ0n) is 15.3. The second kappa shape index (κ2) is 6.98. The number of ether oxygens (including phenoxy) is 1. The van der Waals surface area contributed by atoms with E-state index >= 15 is 0 Å². The van der Waals surface area contributed by atoms with Crippen LogP contribution in [0.25, 0.3) is 0 Å². The van der Waals surface area contributed by atoms with Crippen molar-refractivity contribution in [1.82, 2.24) is 14.9 Å². The van der Waals surface area contributed by atoms with E-state index in [0.29, 0.717) is 24.5 Å². The van der Waals surface area contributed by atoms with E-state index in [1.54, 1.807) is 24.5 Å². The van der Waals surface area contributed by atoms with Gasteiger partial charge in [0, 0.05) is 32.0 Å². The lowest BCUT2D eigenvalue weighted by atomic mass is 9.85. The van der Waals surface area contributed by atoms with Gasteiger partial charge in [0.1, 0.15) is 5.82 Å². The van der Waals surface area contributed by atoms with Gasteiger partial charge in [0.15, 0.2) is 0 Å². The fourth-order valence-electron chi connectivity index (χ4n) is 4.01. The van der Waals surface area contributed by atoms with Gasteiger partial charge in [-0.2, -0.15) is 0 Å². The molecule has 1 unspecified atom stereocenters. The molecule has 27 heavy (non-hydrogen) atoms. The number of hydrogen-bond acceptors (Lipinski definition) is 6. The van der Waals surface area contributed by atoms with E-state index in [1.807, 2.05) is 23.1 Å². The third kappa shape index (κ3) is 3.25. The largest absolute Gasteiger partial charge is 0.465 e. The fourth-order valence-corrected chi connectivity index (χ4v) is 4.01. The Balaban J connectivity index is 1.47. The Morgan fingerprint density at radius 2 is 2.04 bits per heavy atom. The summed E-state index contributed by atoms with van der Waals surface area (Å²) in [7, 11) is 1.36. The summed E-state index contributed by atoms with van der Waals surface area (Å²) < 4.78 is 4.78. The van der Waals surface area contributed by atoms with Crippen molar-refractivity contribution >= 4 is 17.7 Å². The summed E-state index contributed by atoms with van der Waals surface area (Å²) in [6.07, 6.45) is 5.00. The minimum Gasteiger partial charge on any atom is -0.465 e. The minimum absolute atomic E-state index is 0.194. The van der Waals surface area contributed by atoms with Crippen molar-refractivity contribution in [1.29, 1.82) is 0 Å². The SMILES string of the molecule is COC(=O)c1ccnc(N2CCC3(CCN(Cc4ccccn4)C3=O)C2)c1. The molecule has 140 valence electrons. The van der Waals surface area contributed by atoms with E-state index in [2.05, 4.69) is 14.9 Å². The summed E-state index contributed by atoms with van der Waals surface area (Å²) in [4.78, 5) is 37.6. The molecule has 0 bridgehead atoms. The molecule has 4 rings (SSSR count). The first-order valence-corrected chi connectivity index (χ1v) is 9.10. The summed E-state index contributed by atoms with van der Waals surface area (Å²) in [6, 6.07) is 9.13. The number of carbonyl (C=O) groups is 2. The van der Waals surface area contributed by atoms with Crippen molar-refractivity contribution < 1.29 is 14.3 Å². The quantitative estimate of drug-likeness (QED) is 0.769. The van der Waals surface area contributed by atoms with Crippen LogP contribution < -0.4 is 4.90 Å². The second-order valence-corrected chi connectivity index (χ2v) is 7.14. The Labute approximate surface area is 158 Å². The number of likely N-dealkylation sites (tertiary alicyclic amines) is 1. The maximum absolute atomic E-state index is 13.1. The van der Waals surface area contributed by atoms with Gasteiger partial charge in [0.05, 0.1) is 30.3 Å². The Bertz CT molecular complexity index is 857. The van der Waals surface area contributed by atoms with Crippen molar-refractivity contribution in [2.75, 3.05) is 31.6 Å². The number of esters is 1. The Kier molecular flexibility index (Phi) is 4.51. The van der Waals surface area contributed by atoms with Crippen LogP contribution in [0.2, 0.25) is 0 Å². The Morgan fingerprint density at radius 3 is 2.81 bits per heavy atom. The molecular weight excluding hydrogens is 344 g/mol. The van der Waals surface area contributed by atoms with Crippen LogP contribution in [-0.2, 0) is 16.1 Å². The smallest absolute Gasteiger partial charge is 0.338 e. The summed E-state index contributed by atoms with van der Waals surface area (Å²) >= 11 is 0. The fraction of sp³-hybridized carbons (Fsp3) is 0.400. The van der Waals surface area contributed by atoms with Crippen molar-refractivity contribution in [2.45, 2.75) is 19.4 Å². The van der Waals surface area contributed by atoms with Crippen LogP contribution >= 0.6 is 0 Å². The van der Waals surface area contributed by atoms with E-state index in [4.69, 9.17) is 4.74 Å². The lowest BCUT2D eigenvalue weighted by Crippen LogP contribution is -2.37. The highest BCUT2D eigenvalue weighted by molar-refractivity contribution is 5.90. The van der Waals surface area contributed by atoms with Crippen molar-refractivity contribution in [3.05, 3.63) is 54.0 Å². The van der Waals surface area contributed by atoms with E-state index in [1.165, 1.54) is 7.11 Å². The van der Waals surface area contributed by atoms with Gasteiger partial charge in [-0.25, -0.2) is 9.78 Å². The second-order valence-electron chi connectivity index (χ2n) is 7.14. The molecule has 0 aliphatic carbocycles. The first-order chi connectivity index (χ1) is 13.1. The number of carbonyl (C=O) groups excluding carboxylic acids is 2. The molecule has 0 aromatic carbocycles. The number of pyridine rings is 2. The first kappa shape index (κ1) is 17.5. The normalized spacial score (nSPS) is 21.9. The Hall–Kier alpha value is -2.96. The predicted molar refractivity (Wildman–Crippen MR) is 99.1 cm³/mol. The molecule has 2 aliphatic rings. The molecule has 0 N–H and O–H groups in total. The van der Waals surface area contributed by atoms with Gasteiger partial charge in [-0.3, -0.25) is 9.78 Å². The van der Waals surface area contributed by atoms with Crippen LogP contribution in [0.5, 0.6) is 0 Å². The van der Waals surface area contributed by atoms with E-state index in [9.17, 15) is 9.59 Å². The molecule has 7 heteroatoms. The van der Waals surface area contributed by atoms with Crippen LogP contribution in [0.3, 0.4) is 0 Å². The molecule has 2 aliphatic heterocycles. The summed E-state index contributed by atoms with van der Waals surface area (Å²) in [5.41, 5.74) is 1.01. The zero-order valence-corrected chi connectivity index (χ0v) is 15.3. The number of aromatic nitrogens is 2. The van der Waals surface area contributed by atoms with Gasteiger partial charge in [-0.1, -0.05) is 6.07 Å². The average Bonchev–Trinajstić information content (AvgIpc) is 3.28. The van der Waals surface area contributed by atoms with Gasteiger partial charge in [0.25, 0.3) is 0 Å². The van der Waals surface area contributed by atoms with Crippen LogP contribution in [0.1, 0.15) is 28.9 Å². The molecule has 2 saturated heterocycles. The molecule has 2 fully saturated rings. The summed E-state index contributed by atoms with van der Waals surface area (Å²) in [5, 5.41) is 0. The molecule has 2 aromatic rings. The molecule has 1 amide bonds. The van der Waals surface area contributed by atoms with Crippen LogP contribution in [-0.4, -0.2) is 53.5 Å². The van der Waals surface area contributed by atoms with Gasteiger partial charge in [0.2, 0.25) is 5.91 Å². The molecule has 1 spiro atoms. The third-order valence-electron chi connectivity index (χ3n) is 5.52. The van der Waals surface area contributed by atoms with Crippen LogP contribution in [0.4, 0.5) is 5.82 Å². The van der Waals surface area contributed by atoms with Crippen LogP contribution in [0.15, 0.2) is 42.7 Å². The van der Waals surface area contributed by atoms with Crippen LogP contribution in [0, 0.1) is 5.41 Å². The molecule has 0 radical (unpaired) electrons. The van der Waals surface area contributed by atoms with Crippen molar-refractivity contribution in [2.24, 2.45) is 5.41 Å². The topological polar surface area (TPSA) is 75.6 Å². The molecule has 2 aromatic heterocycles. The summed E-state index contributed by atoms with van der Waals surface area (Å²) in [5.74, 6) is 0.525. The highest BCUT2D eigenvalue weighted by atomic mass is 16.5. The maximum atomic E-state index is 13.1. The van der Waals surface area contributed by atoms with Crippen molar-refractivity contribution in [3.63, 3.8) is 0 Å². The number of anilines is 1. The van der Waals surface area contributed by atoms with Gasteiger partial charge < -0.3 is 14.5 Å². The van der Waals surface area contributed by atoms with E-state index in [-0.39, 0.29) is 17.3 Å². The van der Waals surface area contributed by atoms with Gasteiger partial charge in [-0.05, 0) is 37.1 Å². The maximum Gasteiger partial charge on any atom is 0.338 e. The number of nitrogens with zero attached hydrogens (tertiary/aromatic N) is 4. The van der Waals surface area contributed by atoms with E-state index in [0.717, 1.165) is 31.6 Å². The number of rotatable bonds is 4. The number of hydrogen-bond donors (Lipinski definition) is 0. The standard InChI is InChI=1S/C20H22N4O3/c1-27-18(25)15-5-9-22-17(12-15)24-11-7-20(14-24)6-10-23(19(20)26)13-16-4-2-3-8-21-16/h2-5,8-9,12H,6-7,10-11,13-14H2,1H3. The first-order valence-electron chi connectivity index (χ1n) is 9.10. The average molecular weight is 366 g/mol. The molecule has 1 atom stereocenters.